The molecule has 0 atom stereocenters. The zero-order valence-corrected chi connectivity index (χ0v) is 16.4. The molecule has 1 N–H and O–H groups in total. The summed E-state index contributed by atoms with van der Waals surface area (Å²) in [6.45, 7) is -1.67. The van der Waals surface area contributed by atoms with Gasteiger partial charge in [-0.2, -0.15) is 13.2 Å². The molecule has 2 aromatic carbocycles. The van der Waals surface area contributed by atoms with Crippen LogP contribution in [0.1, 0.15) is 5.82 Å². The highest BCUT2D eigenvalue weighted by atomic mass is 19.4. The Bertz CT molecular complexity index is 1190. The molecule has 0 radical (unpaired) electrons. The fourth-order valence-corrected chi connectivity index (χ4v) is 2.87. The summed E-state index contributed by atoms with van der Waals surface area (Å²) in [5.74, 6) is -3.14. The van der Waals surface area contributed by atoms with Crippen molar-refractivity contribution >= 4 is 34.3 Å². The van der Waals surface area contributed by atoms with Crippen molar-refractivity contribution in [3.05, 3.63) is 58.4 Å². The van der Waals surface area contributed by atoms with Crippen molar-refractivity contribution in [2.75, 3.05) is 19.0 Å². The van der Waals surface area contributed by atoms with E-state index in [1.165, 1.54) is 43.5 Å². The Morgan fingerprint density at radius 2 is 1.94 bits per heavy atom. The van der Waals surface area contributed by atoms with Gasteiger partial charge in [-0.05, 0) is 18.2 Å². The quantitative estimate of drug-likeness (QED) is 0.332. The summed E-state index contributed by atoms with van der Waals surface area (Å²) in [6, 6.07) is 9.21. The second-order valence-corrected chi connectivity index (χ2v) is 6.36. The maximum atomic E-state index is 13.3. The lowest BCUT2D eigenvalue weighted by atomic mass is 10.2. The van der Waals surface area contributed by atoms with E-state index in [-0.39, 0.29) is 28.2 Å². The lowest BCUT2D eigenvalue weighted by molar-refractivity contribution is -0.384. The fourth-order valence-electron chi connectivity index (χ4n) is 2.87. The van der Waals surface area contributed by atoms with E-state index in [2.05, 4.69) is 10.3 Å². The van der Waals surface area contributed by atoms with Gasteiger partial charge in [0.25, 0.3) is 11.6 Å². The zero-order chi connectivity index (χ0) is 23.5. The number of halogens is 3. The number of nitrogens with one attached hydrogen (secondary N) is 1. The normalized spacial score (nSPS) is 11.2. The minimum Gasteiger partial charge on any atom is -0.495 e. The summed E-state index contributed by atoms with van der Waals surface area (Å²) in [5.41, 5.74) is -0.238. The van der Waals surface area contributed by atoms with E-state index in [4.69, 9.17) is 9.47 Å². The molecule has 0 spiro atoms. The van der Waals surface area contributed by atoms with Gasteiger partial charge in [0.15, 0.2) is 6.61 Å². The first kappa shape index (κ1) is 22.5. The number of carbonyl (C=O) groups excluding carboxylic acids is 2. The van der Waals surface area contributed by atoms with Crippen molar-refractivity contribution in [1.82, 2.24) is 9.55 Å². The van der Waals surface area contributed by atoms with Crippen molar-refractivity contribution < 1.29 is 37.2 Å². The Morgan fingerprint density at radius 1 is 1.22 bits per heavy atom. The lowest BCUT2D eigenvalue weighted by Gasteiger charge is -2.12. The molecule has 0 unspecified atom stereocenters. The van der Waals surface area contributed by atoms with Crippen molar-refractivity contribution in [1.29, 1.82) is 0 Å². The van der Waals surface area contributed by atoms with E-state index in [0.717, 1.165) is 6.07 Å². The molecular weight excluding hydrogens is 437 g/mol. The maximum Gasteiger partial charge on any atom is 0.449 e. The van der Waals surface area contributed by atoms with Crippen molar-refractivity contribution in [2.45, 2.75) is 12.7 Å². The summed E-state index contributed by atoms with van der Waals surface area (Å²) >= 11 is 0. The molecule has 0 saturated carbocycles. The SMILES string of the molecule is COc1ccc([N+](=O)[O-])cc1NC(=O)COC(=O)Cn1c(C(F)(F)F)nc2ccccc21. The van der Waals surface area contributed by atoms with Crippen molar-refractivity contribution in [2.24, 2.45) is 0 Å². The fraction of sp³-hybridized carbons (Fsp3) is 0.211. The van der Waals surface area contributed by atoms with E-state index in [1.807, 2.05) is 0 Å². The highest BCUT2D eigenvalue weighted by Crippen LogP contribution is 2.31. The highest BCUT2D eigenvalue weighted by Gasteiger charge is 2.38. The Balaban J connectivity index is 1.69. The average molecular weight is 452 g/mol. The lowest BCUT2D eigenvalue weighted by Crippen LogP contribution is -2.25. The number of para-hydroxylation sites is 2. The highest BCUT2D eigenvalue weighted by molar-refractivity contribution is 5.94. The van der Waals surface area contributed by atoms with Crippen LogP contribution in [-0.2, 0) is 27.0 Å². The van der Waals surface area contributed by atoms with E-state index in [9.17, 15) is 32.9 Å². The Morgan fingerprint density at radius 3 is 2.59 bits per heavy atom. The number of hydrogen-bond donors (Lipinski definition) is 1. The molecule has 1 aromatic heterocycles. The number of nitro benzene ring substituents is 1. The molecule has 0 aliphatic carbocycles. The van der Waals surface area contributed by atoms with Crippen LogP contribution in [0.4, 0.5) is 24.5 Å². The third-order valence-electron chi connectivity index (χ3n) is 4.23. The minimum atomic E-state index is -4.81. The monoisotopic (exact) mass is 452 g/mol. The molecule has 3 rings (SSSR count). The third-order valence-corrected chi connectivity index (χ3v) is 4.23. The first-order chi connectivity index (χ1) is 15.1. The minimum absolute atomic E-state index is 0.0392. The summed E-state index contributed by atoms with van der Waals surface area (Å²) in [7, 11) is 1.28. The number of benzene rings is 2. The molecule has 32 heavy (non-hydrogen) atoms. The Labute approximate surface area is 177 Å². The zero-order valence-electron chi connectivity index (χ0n) is 16.4. The van der Waals surface area contributed by atoms with E-state index < -0.39 is 42.0 Å². The molecule has 13 heteroatoms. The number of amides is 1. The number of alkyl halides is 3. The van der Waals surface area contributed by atoms with Crippen LogP contribution in [0.2, 0.25) is 0 Å². The first-order valence-corrected chi connectivity index (χ1v) is 8.90. The van der Waals surface area contributed by atoms with E-state index in [1.54, 1.807) is 0 Å². The van der Waals surface area contributed by atoms with E-state index >= 15 is 0 Å². The van der Waals surface area contributed by atoms with Gasteiger partial charge in [0.2, 0.25) is 5.82 Å². The number of fused-ring (bicyclic) bond motifs is 1. The summed E-state index contributed by atoms with van der Waals surface area (Å²) in [6.07, 6.45) is -4.81. The van der Waals surface area contributed by atoms with Crippen LogP contribution in [0.3, 0.4) is 0 Å². The number of imidazole rings is 1. The predicted octanol–water partition coefficient (Wildman–Crippen LogP) is 3.15. The Kier molecular flexibility index (Phi) is 6.27. The van der Waals surface area contributed by atoms with Gasteiger partial charge in [-0.25, -0.2) is 4.98 Å². The number of non-ortho nitro benzene ring substituents is 1. The molecule has 10 nitrogen and oxygen atoms in total. The number of nitrogens with zero attached hydrogens (tertiary/aromatic N) is 3. The Hall–Kier alpha value is -4.16. The van der Waals surface area contributed by atoms with Crippen LogP contribution in [0, 0.1) is 10.1 Å². The molecule has 1 amide bonds. The van der Waals surface area contributed by atoms with Crippen LogP contribution in [0.25, 0.3) is 11.0 Å². The predicted molar refractivity (Wildman–Crippen MR) is 104 cm³/mol. The standard InChI is InChI=1S/C19H15F3N4O6/c1-31-15-7-6-11(26(29)30)8-13(15)23-16(27)10-32-17(28)9-25-14-5-3-2-4-12(14)24-18(25)19(20,21)22/h2-8H,9-10H2,1H3,(H,23,27). The number of carbonyl (C=O) groups is 2. The van der Waals surface area contributed by atoms with Crippen LogP contribution in [0.15, 0.2) is 42.5 Å². The number of anilines is 1. The number of ether oxygens (including phenoxy) is 2. The maximum absolute atomic E-state index is 13.3. The molecule has 168 valence electrons. The average Bonchev–Trinajstić information content (AvgIpc) is 3.11. The number of esters is 1. The first-order valence-electron chi connectivity index (χ1n) is 8.90. The van der Waals surface area contributed by atoms with Gasteiger partial charge in [-0.3, -0.25) is 19.7 Å². The molecule has 3 aromatic rings. The van der Waals surface area contributed by atoms with Gasteiger partial charge < -0.3 is 19.4 Å². The van der Waals surface area contributed by atoms with Gasteiger partial charge in [-0.1, -0.05) is 12.1 Å². The molecule has 0 bridgehead atoms. The molecule has 0 fully saturated rings. The molecule has 1 heterocycles. The topological polar surface area (TPSA) is 126 Å². The molecule has 0 saturated heterocycles. The molecule has 0 aliphatic rings. The van der Waals surface area contributed by atoms with Crippen LogP contribution in [-0.4, -0.2) is 40.1 Å². The number of hydrogen-bond acceptors (Lipinski definition) is 7. The number of rotatable bonds is 7. The van der Waals surface area contributed by atoms with Gasteiger partial charge >= 0.3 is 12.1 Å². The summed E-state index contributed by atoms with van der Waals surface area (Å²) in [4.78, 5) is 37.9. The van der Waals surface area contributed by atoms with Gasteiger partial charge in [0.05, 0.1) is 28.8 Å². The van der Waals surface area contributed by atoms with E-state index in [0.29, 0.717) is 4.57 Å². The van der Waals surface area contributed by atoms with Gasteiger partial charge in [-0.15, -0.1) is 0 Å². The summed E-state index contributed by atoms with van der Waals surface area (Å²) in [5, 5.41) is 13.2. The summed E-state index contributed by atoms with van der Waals surface area (Å²) < 4.78 is 50.3. The van der Waals surface area contributed by atoms with Crippen molar-refractivity contribution in [3.63, 3.8) is 0 Å². The third kappa shape index (κ3) is 4.94. The molecular formula is C19H15F3N4O6. The number of nitro groups is 1. The van der Waals surface area contributed by atoms with Crippen LogP contribution >= 0.6 is 0 Å². The van der Waals surface area contributed by atoms with Crippen LogP contribution < -0.4 is 10.1 Å². The number of methoxy groups -OCH3 is 1. The van der Waals surface area contributed by atoms with Gasteiger partial charge in [0.1, 0.15) is 12.3 Å². The smallest absolute Gasteiger partial charge is 0.449 e. The number of aromatic nitrogens is 2. The second kappa shape index (κ2) is 8.91. The largest absolute Gasteiger partial charge is 0.495 e. The van der Waals surface area contributed by atoms with Gasteiger partial charge in [0, 0.05) is 12.1 Å². The van der Waals surface area contributed by atoms with Crippen molar-refractivity contribution in [3.8, 4) is 5.75 Å². The van der Waals surface area contributed by atoms with Crippen LogP contribution in [0.5, 0.6) is 5.75 Å². The second-order valence-electron chi connectivity index (χ2n) is 6.36. The molecule has 0 aliphatic heterocycles.